The fraction of sp³-hybridized carbons (Fsp3) is 0.154. The van der Waals surface area contributed by atoms with Gasteiger partial charge in [0.25, 0.3) is 0 Å². The van der Waals surface area contributed by atoms with Crippen LogP contribution in [0, 0.1) is 19.7 Å². The second-order valence-corrected chi connectivity index (χ2v) is 5.43. The molecule has 0 amide bonds. The van der Waals surface area contributed by atoms with Crippen LogP contribution in [0.3, 0.4) is 0 Å². The van der Waals surface area contributed by atoms with Gasteiger partial charge in [0, 0.05) is 0 Å². The van der Waals surface area contributed by atoms with Crippen molar-refractivity contribution in [3.05, 3.63) is 45.3 Å². The number of thiocarbonyl (C=S) groups is 1. The van der Waals surface area contributed by atoms with Crippen molar-refractivity contribution in [1.82, 2.24) is 10.2 Å². The van der Waals surface area contributed by atoms with Crippen LogP contribution in [0.1, 0.15) is 16.8 Å². The first-order valence-electron chi connectivity index (χ1n) is 5.66. The lowest BCUT2D eigenvalue weighted by Crippen LogP contribution is -2.15. The minimum absolute atomic E-state index is 0.175. The van der Waals surface area contributed by atoms with Crippen LogP contribution in [0.25, 0.3) is 0 Å². The Morgan fingerprint density at radius 1 is 1.35 bits per heavy atom. The molecule has 2 rings (SSSR count). The van der Waals surface area contributed by atoms with Crippen molar-refractivity contribution < 1.29 is 9.13 Å². The Morgan fingerprint density at radius 2 is 2.05 bits per heavy atom. The maximum absolute atomic E-state index is 13.1. The lowest BCUT2D eigenvalue weighted by atomic mass is 10.1. The predicted octanol–water partition coefficient (Wildman–Crippen LogP) is 3.42. The highest BCUT2D eigenvalue weighted by Gasteiger charge is 2.16. The SMILES string of the molecule is Cc1nnc(Oc2ccc(F)cc2Br)c(C(N)=S)c1C. The normalized spacial score (nSPS) is 10.4. The summed E-state index contributed by atoms with van der Waals surface area (Å²) in [5, 5.41) is 7.95. The van der Waals surface area contributed by atoms with Gasteiger partial charge in [-0.15, -0.1) is 5.10 Å². The highest BCUT2D eigenvalue weighted by molar-refractivity contribution is 9.10. The van der Waals surface area contributed by atoms with Gasteiger partial charge >= 0.3 is 0 Å². The Morgan fingerprint density at radius 3 is 2.65 bits per heavy atom. The monoisotopic (exact) mass is 355 g/mol. The van der Waals surface area contributed by atoms with Crippen LogP contribution in [0.2, 0.25) is 0 Å². The summed E-state index contributed by atoms with van der Waals surface area (Å²) in [5.41, 5.74) is 7.77. The summed E-state index contributed by atoms with van der Waals surface area (Å²) in [4.78, 5) is 0.175. The molecule has 0 saturated heterocycles. The number of benzene rings is 1. The predicted molar refractivity (Wildman–Crippen MR) is 81.6 cm³/mol. The van der Waals surface area contributed by atoms with Gasteiger partial charge in [0.2, 0.25) is 5.88 Å². The van der Waals surface area contributed by atoms with Crippen LogP contribution < -0.4 is 10.5 Å². The molecular formula is C13H11BrFN3OS. The van der Waals surface area contributed by atoms with E-state index in [2.05, 4.69) is 26.1 Å². The van der Waals surface area contributed by atoms with Gasteiger partial charge in [-0.2, -0.15) is 5.10 Å². The van der Waals surface area contributed by atoms with Crippen molar-refractivity contribution in [3.63, 3.8) is 0 Å². The summed E-state index contributed by atoms with van der Waals surface area (Å²) >= 11 is 8.25. The van der Waals surface area contributed by atoms with Gasteiger partial charge in [0.1, 0.15) is 16.6 Å². The Hall–Kier alpha value is -1.60. The zero-order valence-electron chi connectivity index (χ0n) is 10.8. The number of hydrogen-bond acceptors (Lipinski definition) is 4. The average Bonchev–Trinajstić information content (AvgIpc) is 2.36. The second kappa shape index (κ2) is 5.80. The molecule has 0 bridgehead atoms. The number of halogens is 2. The fourth-order valence-corrected chi connectivity index (χ4v) is 2.28. The zero-order valence-corrected chi connectivity index (χ0v) is 13.2. The van der Waals surface area contributed by atoms with E-state index < -0.39 is 0 Å². The molecule has 2 aromatic rings. The van der Waals surface area contributed by atoms with E-state index in [4.69, 9.17) is 22.7 Å². The van der Waals surface area contributed by atoms with Crippen LogP contribution in [0.5, 0.6) is 11.6 Å². The van der Waals surface area contributed by atoms with E-state index in [1.165, 1.54) is 18.2 Å². The summed E-state index contributed by atoms with van der Waals surface area (Å²) in [7, 11) is 0. The zero-order chi connectivity index (χ0) is 14.9. The minimum atomic E-state index is -0.370. The highest BCUT2D eigenvalue weighted by Crippen LogP contribution is 2.31. The van der Waals surface area contributed by atoms with Crippen molar-refractivity contribution in [2.75, 3.05) is 0 Å². The average molecular weight is 356 g/mol. The molecule has 0 unspecified atom stereocenters. The number of aryl methyl sites for hydroxylation is 1. The van der Waals surface area contributed by atoms with Gasteiger partial charge in [-0.25, -0.2) is 4.39 Å². The van der Waals surface area contributed by atoms with Gasteiger partial charge in [-0.1, -0.05) is 12.2 Å². The number of nitrogens with zero attached hydrogens (tertiary/aromatic N) is 2. The van der Waals surface area contributed by atoms with Gasteiger partial charge in [-0.3, -0.25) is 0 Å². The molecule has 7 heteroatoms. The minimum Gasteiger partial charge on any atom is -0.436 e. The third-order valence-electron chi connectivity index (χ3n) is 2.77. The molecule has 0 saturated carbocycles. The molecule has 0 fully saturated rings. The van der Waals surface area contributed by atoms with E-state index in [1.807, 2.05) is 13.8 Å². The van der Waals surface area contributed by atoms with Gasteiger partial charge in [-0.05, 0) is 53.5 Å². The fourth-order valence-electron chi connectivity index (χ4n) is 1.61. The van der Waals surface area contributed by atoms with Crippen LogP contribution in [-0.4, -0.2) is 15.2 Å². The Labute approximate surface area is 129 Å². The van der Waals surface area contributed by atoms with Crippen molar-refractivity contribution in [1.29, 1.82) is 0 Å². The molecule has 0 aliphatic carbocycles. The van der Waals surface area contributed by atoms with Crippen molar-refractivity contribution in [3.8, 4) is 11.6 Å². The van der Waals surface area contributed by atoms with E-state index in [-0.39, 0.29) is 16.7 Å². The molecule has 1 aromatic heterocycles. The summed E-state index contributed by atoms with van der Waals surface area (Å²) < 4.78 is 19.2. The van der Waals surface area contributed by atoms with E-state index >= 15 is 0 Å². The van der Waals surface area contributed by atoms with Gasteiger partial charge in [0.15, 0.2) is 0 Å². The van der Waals surface area contributed by atoms with E-state index in [9.17, 15) is 4.39 Å². The number of hydrogen-bond donors (Lipinski definition) is 1. The van der Waals surface area contributed by atoms with Crippen molar-refractivity contribution in [2.24, 2.45) is 5.73 Å². The quantitative estimate of drug-likeness (QED) is 0.854. The summed E-state index contributed by atoms with van der Waals surface area (Å²) in [5.74, 6) is 0.235. The number of aromatic nitrogens is 2. The molecule has 0 aliphatic rings. The number of nitrogens with two attached hydrogens (primary N) is 1. The van der Waals surface area contributed by atoms with E-state index in [0.717, 1.165) is 11.3 Å². The lowest BCUT2D eigenvalue weighted by Gasteiger charge is -2.13. The lowest BCUT2D eigenvalue weighted by molar-refractivity contribution is 0.448. The third-order valence-corrected chi connectivity index (χ3v) is 3.59. The Balaban J connectivity index is 2.48. The second-order valence-electron chi connectivity index (χ2n) is 4.13. The van der Waals surface area contributed by atoms with Gasteiger partial charge < -0.3 is 10.5 Å². The highest BCUT2D eigenvalue weighted by atomic mass is 79.9. The molecule has 2 N–H and O–H groups in total. The molecule has 0 atom stereocenters. The molecule has 0 radical (unpaired) electrons. The number of ether oxygens (including phenoxy) is 1. The molecular weight excluding hydrogens is 345 g/mol. The van der Waals surface area contributed by atoms with Crippen LogP contribution in [0.4, 0.5) is 4.39 Å². The summed E-state index contributed by atoms with van der Waals surface area (Å²) in [6.07, 6.45) is 0. The molecule has 104 valence electrons. The van der Waals surface area contributed by atoms with Crippen molar-refractivity contribution in [2.45, 2.75) is 13.8 Å². The molecule has 20 heavy (non-hydrogen) atoms. The van der Waals surface area contributed by atoms with Crippen LogP contribution in [-0.2, 0) is 0 Å². The standard InChI is InChI=1S/C13H11BrFN3OS/c1-6-7(2)17-18-13(11(6)12(16)20)19-10-4-3-8(15)5-9(10)14/h3-5H,1-2H3,(H2,16,20). The van der Waals surface area contributed by atoms with Crippen LogP contribution in [0.15, 0.2) is 22.7 Å². The van der Waals surface area contributed by atoms with Crippen LogP contribution >= 0.6 is 28.1 Å². The maximum atomic E-state index is 13.1. The smallest absolute Gasteiger partial charge is 0.249 e. The first-order chi connectivity index (χ1) is 9.40. The summed E-state index contributed by atoms with van der Waals surface area (Å²) in [6.45, 7) is 3.65. The van der Waals surface area contributed by atoms with E-state index in [0.29, 0.717) is 15.8 Å². The molecule has 0 spiro atoms. The Bertz CT molecular complexity index is 694. The van der Waals surface area contributed by atoms with E-state index in [1.54, 1.807) is 0 Å². The topological polar surface area (TPSA) is 61.0 Å². The third kappa shape index (κ3) is 2.94. The van der Waals surface area contributed by atoms with Gasteiger partial charge in [0.05, 0.1) is 15.7 Å². The molecule has 4 nitrogen and oxygen atoms in total. The summed E-state index contributed by atoms with van der Waals surface area (Å²) in [6, 6.07) is 4.07. The molecule has 0 aliphatic heterocycles. The first-order valence-corrected chi connectivity index (χ1v) is 6.87. The maximum Gasteiger partial charge on any atom is 0.249 e. The molecule has 1 aromatic carbocycles. The first kappa shape index (κ1) is 14.8. The number of rotatable bonds is 3. The van der Waals surface area contributed by atoms with Crippen molar-refractivity contribution >= 4 is 33.1 Å². The Kier molecular flexibility index (Phi) is 4.29. The molecule has 1 heterocycles. The largest absolute Gasteiger partial charge is 0.436 e.